The summed E-state index contributed by atoms with van der Waals surface area (Å²) in [6.45, 7) is 0. The molecule has 31 valence electrons. The third-order valence-corrected chi connectivity index (χ3v) is 0. The van der Waals surface area contributed by atoms with Gasteiger partial charge in [0.1, 0.15) is 0 Å². The first-order valence-corrected chi connectivity index (χ1v) is 0. The molecule has 0 saturated heterocycles. The molecule has 0 aliphatic heterocycles. The quantitative estimate of drug-likeness (QED) is 0.596. The molecule has 0 N–H and O–H groups in total. The van der Waals surface area contributed by atoms with Crippen molar-refractivity contribution < 1.29 is 37.2 Å². The van der Waals surface area contributed by atoms with Crippen molar-refractivity contribution in [1.82, 2.24) is 0 Å². The Balaban J connectivity index is 0. The van der Waals surface area contributed by atoms with Gasteiger partial charge in [0.15, 0.2) is 0 Å². The molecule has 0 heterocycles. The Labute approximate surface area is 66.7 Å². The van der Waals surface area contributed by atoms with E-state index in [2.05, 4.69) is 0 Å². The molecule has 0 spiro atoms. The predicted octanol–water partition coefficient (Wildman–Crippen LogP) is 2.58. The SMILES string of the molecule is [Co+2].[P-3].[P-3].[P-3].[Re+7]. The van der Waals surface area contributed by atoms with Gasteiger partial charge >= 0.3 is 37.2 Å². The minimum Gasteiger partial charge on any atom is -3.00 e. The minimum atomic E-state index is 0. The van der Waals surface area contributed by atoms with Crippen molar-refractivity contribution in [3.05, 3.63) is 0 Å². The van der Waals surface area contributed by atoms with Crippen molar-refractivity contribution in [2.24, 2.45) is 0 Å². The monoisotopic (exact) mass is 339 g/mol. The van der Waals surface area contributed by atoms with E-state index in [-0.39, 0.29) is 66.9 Å². The van der Waals surface area contributed by atoms with Gasteiger partial charge < -0.3 is 29.7 Å². The van der Waals surface area contributed by atoms with Gasteiger partial charge in [-0.3, -0.25) is 0 Å². The molecule has 0 bridgehead atoms. The summed E-state index contributed by atoms with van der Waals surface area (Å²) in [4.78, 5) is 0. The summed E-state index contributed by atoms with van der Waals surface area (Å²) in [5.41, 5.74) is 0. The Morgan fingerprint density at radius 2 is 0.600 bits per heavy atom. The van der Waals surface area contributed by atoms with Gasteiger partial charge in [-0.25, -0.2) is 0 Å². The van der Waals surface area contributed by atoms with Crippen LogP contribution in [0.15, 0.2) is 0 Å². The Morgan fingerprint density at radius 1 is 0.600 bits per heavy atom. The van der Waals surface area contributed by atoms with Crippen LogP contribution in [0.25, 0.3) is 0 Å². The fourth-order valence-electron chi connectivity index (χ4n) is 0. The molecule has 0 aromatic carbocycles. The summed E-state index contributed by atoms with van der Waals surface area (Å²) < 4.78 is 0. The number of hydrogen-bond acceptors (Lipinski definition) is 0. The molecule has 0 unspecified atom stereocenters. The van der Waals surface area contributed by atoms with E-state index < -0.39 is 0 Å². The molecule has 0 aliphatic carbocycles. The summed E-state index contributed by atoms with van der Waals surface area (Å²) in [5.74, 6) is 0. The van der Waals surface area contributed by atoms with Gasteiger partial charge in [0.25, 0.3) is 0 Å². The normalized spacial score (nSPS) is 0. The van der Waals surface area contributed by atoms with Crippen LogP contribution in [-0.4, -0.2) is 0 Å². The van der Waals surface area contributed by atoms with Gasteiger partial charge in [-0.05, 0) is 0 Å². The van der Waals surface area contributed by atoms with E-state index in [0.29, 0.717) is 0 Å². The van der Waals surface area contributed by atoms with E-state index >= 15 is 0 Å². The molecule has 0 aromatic rings. The molecule has 0 saturated carbocycles. The van der Waals surface area contributed by atoms with Gasteiger partial charge in [0.05, 0.1) is 0 Å². The zero-order chi connectivity index (χ0) is 0. The third-order valence-electron chi connectivity index (χ3n) is 0. The average molecular weight is 338 g/mol. The smallest absolute Gasteiger partial charge is 3.00 e. The maximum absolute atomic E-state index is 0. The van der Waals surface area contributed by atoms with Crippen molar-refractivity contribution in [2.75, 3.05) is 0 Å². The molecule has 5 heteroatoms. The van der Waals surface area contributed by atoms with E-state index in [0.717, 1.165) is 0 Å². The molecule has 0 nitrogen and oxygen atoms in total. The van der Waals surface area contributed by atoms with Crippen molar-refractivity contribution >= 4 is 29.7 Å². The second kappa shape index (κ2) is 31.8. The van der Waals surface area contributed by atoms with Crippen LogP contribution in [0.2, 0.25) is 0 Å². The molecule has 0 atom stereocenters. The van der Waals surface area contributed by atoms with Gasteiger partial charge in [0.2, 0.25) is 0 Å². The van der Waals surface area contributed by atoms with Crippen molar-refractivity contribution in [2.45, 2.75) is 0 Å². The van der Waals surface area contributed by atoms with Crippen molar-refractivity contribution in [3.8, 4) is 0 Å². The molecule has 5 heavy (non-hydrogen) atoms. The van der Waals surface area contributed by atoms with Gasteiger partial charge in [0, 0.05) is 0 Å². The van der Waals surface area contributed by atoms with Crippen LogP contribution < -0.4 is 0 Å². The van der Waals surface area contributed by atoms with Crippen molar-refractivity contribution in [3.63, 3.8) is 0 Å². The van der Waals surface area contributed by atoms with Crippen LogP contribution in [0.3, 0.4) is 0 Å². The fourth-order valence-corrected chi connectivity index (χ4v) is 0. The molecule has 0 aliphatic rings. The van der Waals surface area contributed by atoms with Crippen LogP contribution in [0.5, 0.6) is 0 Å². The maximum Gasteiger partial charge on any atom is 7.00 e. The van der Waals surface area contributed by atoms with E-state index in [1.165, 1.54) is 0 Å². The summed E-state index contributed by atoms with van der Waals surface area (Å²) >= 11 is 0. The Bertz CT molecular complexity index is 6.85. The third kappa shape index (κ3) is 21.2. The topological polar surface area (TPSA) is 0 Å². The first kappa shape index (κ1) is 51.5. The van der Waals surface area contributed by atoms with E-state index in [1.807, 2.05) is 0 Å². The summed E-state index contributed by atoms with van der Waals surface area (Å²) in [6.07, 6.45) is 0. The number of hydrogen-bond donors (Lipinski definition) is 0. The molecular weight excluding hydrogens is 338 g/mol. The largest absolute Gasteiger partial charge is 7.00 e. The van der Waals surface area contributed by atoms with E-state index in [4.69, 9.17) is 0 Å². The zero-order valence-corrected chi connectivity index (χ0v) is 8.49. The first-order chi connectivity index (χ1) is 0. The standard InChI is InChI=1S/Co.3P.Re/q+2;3*-3;+7. The van der Waals surface area contributed by atoms with Crippen LogP contribution in [-0.2, 0) is 37.2 Å². The van der Waals surface area contributed by atoms with Crippen LogP contribution in [0.1, 0.15) is 0 Å². The van der Waals surface area contributed by atoms with Crippen LogP contribution in [0, 0.1) is 0 Å². The van der Waals surface area contributed by atoms with Crippen LogP contribution >= 0.6 is 29.7 Å². The molecule has 0 fully saturated rings. The number of rotatable bonds is 0. The Hall–Kier alpha value is 2.46. The minimum absolute atomic E-state index is 0. The molecule has 1 radical (unpaired) electrons. The van der Waals surface area contributed by atoms with E-state index in [1.54, 1.807) is 0 Å². The van der Waals surface area contributed by atoms with Crippen LogP contribution in [0.4, 0.5) is 0 Å². The second-order valence-electron chi connectivity index (χ2n) is 0. The maximum atomic E-state index is 0. The predicted molar refractivity (Wildman–Crippen MR) is 20.8 cm³/mol. The molecule has 0 amide bonds. The molecular formula is CoP3Re. The fraction of sp³-hybridized carbons (Fsp3) is 0. The average Bonchev–Trinajstić information content (AvgIpc) is 0. The summed E-state index contributed by atoms with van der Waals surface area (Å²) in [5, 5.41) is 0. The van der Waals surface area contributed by atoms with Gasteiger partial charge in [-0.15, -0.1) is 0 Å². The summed E-state index contributed by atoms with van der Waals surface area (Å²) in [6, 6.07) is 0. The Kier molecular flexibility index (Phi) is 328. The van der Waals surface area contributed by atoms with Gasteiger partial charge in [-0.2, -0.15) is 0 Å². The molecule has 0 rings (SSSR count). The first-order valence-electron chi connectivity index (χ1n) is 0. The Morgan fingerprint density at radius 3 is 0.600 bits per heavy atom. The summed E-state index contributed by atoms with van der Waals surface area (Å²) in [7, 11) is 0. The zero-order valence-electron chi connectivity index (χ0n) is 2.05. The second-order valence-corrected chi connectivity index (χ2v) is 0. The van der Waals surface area contributed by atoms with Crippen molar-refractivity contribution in [1.29, 1.82) is 0 Å². The van der Waals surface area contributed by atoms with Gasteiger partial charge in [-0.1, -0.05) is 0 Å². The molecule has 0 aromatic heterocycles. The van der Waals surface area contributed by atoms with E-state index in [9.17, 15) is 0 Å².